The second-order valence-corrected chi connectivity index (χ2v) is 5.86. The van der Waals surface area contributed by atoms with Crippen molar-refractivity contribution >= 4 is 17.5 Å². The third-order valence-corrected chi connectivity index (χ3v) is 4.33. The maximum absolute atomic E-state index is 14.1. The van der Waals surface area contributed by atoms with Crippen LogP contribution in [0.1, 0.15) is 30.1 Å². The Bertz CT molecular complexity index is 605. The molecule has 0 spiro atoms. The van der Waals surface area contributed by atoms with Crippen molar-refractivity contribution in [3.05, 3.63) is 29.6 Å². The smallest absolute Gasteiger partial charge is 0.257 e. The summed E-state index contributed by atoms with van der Waals surface area (Å²) >= 11 is 0. The molecule has 2 heterocycles. The molecule has 3 rings (SSSR count). The van der Waals surface area contributed by atoms with Gasteiger partial charge >= 0.3 is 0 Å². The van der Waals surface area contributed by atoms with Crippen LogP contribution in [0.3, 0.4) is 0 Å². The van der Waals surface area contributed by atoms with Gasteiger partial charge in [-0.3, -0.25) is 9.59 Å². The molecule has 0 aliphatic carbocycles. The largest absolute Gasteiger partial charge is 0.333 e. The van der Waals surface area contributed by atoms with Crippen molar-refractivity contribution in [2.75, 3.05) is 31.1 Å². The molecule has 0 unspecified atom stereocenters. The van der Waals surface area contributed by atoms with Gasteiger partial charge in [-0.15, -0.1) is 0 Å². The molecule has 2 aliphatic rings. The van der Waals surface area contributed by atoms with Gasteiger partial charge in [-0.1, -0.05) is 0 Å². The van der Waals surface area contributed by atoms with Gasteiger partial charge < -0.3 is 15.1 Å². The van der Waals surface area contributed by atoms with Crippen LogP contribution in [0.2, 0.25) is 0 Å². The van der Waals surface area contributed by atoms with E-state index in [2.05, 4.69) is 5.32 Å². The summed E-state index contributed by atoms with van der Waals surface area (Å²) in [5.41, 5.74) is 0.654. The van der Waals surface area contributed by atoms with E-state index in [9.17, 15) is 14.0 Å². The molecule has 6 heteroatoms. The number of piperazine rings is 1. The molecule has 2 saturated heterocycles. The van der Waals surface area contributed by atoms with Crippen LogP contribution in [0.5, 0.6) is 0 Å². The van der Waals surface area contributed by atoms with E-state index in [0.717, 1.165) is 6.42 Å². The summed E-state index contributed by atoms with van der Waals surface area (Å²) in [6.07, 6.45) is 1.31. The van der Waals surface area contributed by atoms with Gasteiger partial charge in [0, 0.05) is 44.3 Å². The minimum Gasteiger partial charge on any atom is -0.333 e. The number of halogens is 1. The van der Waals surface area contributed by atoms with Gasteiger partial charge in [0.05, 0.1) is 5.56 Å². The molecule has 118 valence electrons. The summed E-state index contributed by atoms with van der Waals surface area (Å²) < 4.78 is 14.1. The quantitative estimate of drug-likeness (QED) is 0.898. The Labute approximate surface area is 129 Å². The van der Waals surface area contributed by atoms with Crippen molar-refractivity contribution in [2.45, 2.75) is 25.8 Å². The monoisotopic (exact) mass is 305 g/mol. The maximum atomic E-state index is 14.1. The molecule has 2 amide bonds. The number of anilines is 1. The van der Waals surface area contributed by atoms with Crippen LogP contribution >= 0.6 is 0 Å². The van der Waals surface area contributed by atoms with Crippen molar-refractivity contribution in [3.63, 3.8) is 0 Å². The van der Waals surface area contributed by atoms with Crippen molar-refractivity contribution in [1.82, 2.24) is 10.2 Å². The molecule has 1 aromatic carbocycles. The van der Waals surface area contributed by atoms with E-state index >= 15 is 0 Å². The number of benzene rings is 1. The van der Waals surface area contributed by atoms with Crippen LogP contribution in [-0.4, -0.2) is 48.9 Å². The van der Waals surface area contributed by atoms with E-state index in [1.165, 1.54) is 12.1 Å². The fraction of sp³-hybridized carbons (Fsp3) is 0.500. The highest BCUT2D eigenvalue weighted by atomic mass is 19.1. The van der Waals surface area contributed by atoms with E-state index in [1.54, 1.807) is 15.9 Å². The highest BCUT2D eigenvalue weighted by molar-refractivity contribution is 5.99. The number of nitrogens with zero attached hydrogens (tertiary/aromatic N) is 2. The molecule has 1 aromatic rings. The first-order valence-electron chi connectivity index (χ1n) is 7.69. The Kier molecular flexibility index (Phi) is 4.11. The van der Waals surface area contributed by atoms with E-state index < -0.39 is 5.82 Å². The lowest BCUT2D eigenvalue weighted by atomic mass is 10.1. The Morgan fingerprint density at radius 2 is 2.18 bits per heavy atom. The standard InChI is InChI=1S/C16H20FN3O2/c1-11-10-18-6-8-19(11)16(22)13-9-12(4-5-14(13)17)20-7-2-3-15(20)21/h4-5,9,11,18H,2-3,6-8,10H2,1H3/t11-/m0/s1. The Morgan fingerprint density at radius 1 is 1.36 bits per heavy atom. The Hall–Kier alpha value is -1.95. The molecular formula is C16H20FN3O2. The minimum atomic E-state index is -0.536. The van der Waals surface area contributed by atoms with Crippen LogP contribution in [0, 0.1) is 5.82 Å². The molecule has 0 radical (unpaired) electrons. The maximum Gasteiger partial charge on any atom is 0.257 e. The molecular weight excluding hydrogens is 285 g/mol. The Morgan fingerprint density at radius 3 is 2.86 bits per heavy atom. The van der Waals surface area contributed by atoms with Gasteiger partial charge in [-0.2, -0.15) is 0 Å². The van der Waals surface area contributed by atoms with Crippen LogP contribution in [0.4, 0.5) is 10.1 Å². The number of hydrogen-bond acceptors (Lipinski definition) is 3. The van der Waals surface area contributed by atoms with Gasteiger partial charge in [0.2, 0.25) is 5.91 Å². The van der Waals surface area contributed by atoms with Gasteiger partial charge in [-0.25, -0.2) is 4.39 Å². The van der Waals surface area contributed by atoms with Crippen molar-refractivity contribution in [2.24, 2.45) is 0 Å². The second-order valence-electron chi connectivity index (χ2n) is 5.86. The first-order chi connectivity index (χ1) is 10.6. The van der Waals surface area contributed by atoms with Gasteiger partial charge in [0.15, 0.2) is 0 Å². The number of amides is 2. The minimum absolute atomic E-state index is 0.0257. The molecule has 0 bridgehead atoms. The first kappa shape index (κ1) is 15.0. The lowest BCUT2D eigenvalue weighted by molar-refractivity contribution is -0.117. The highest BCUT2D eigenvalue weighted by Gasteiger charge is 2.28. The predicted molar refractivity (Wildman–Crippen MR) is 81.4 cm³/mol. The number of hydrogen-bond donors (Lipinski definition) is 1. The lowest BCUT2D eigenvalue weighted by Gasteiger charge is -2.34. The zero-order valence-electron chi connectivity index (χ0n) is 12.6. The third kappa shape index (κ3) is 2.70. The zero-order valence-corrected chi connectivity index (χ0v) is 12.6. The average molecular weight is 305 g/mol. The Balaban J connectivity index is 1.89. The number of rotatable bonds is 2. The third-order valence-electron chi connectivity index (χ3n) is 4.33. The summed E-state index contributed by atoms with van der Waals surface area (Å²) in [7, 11) is 0. The van der Waals surface area contributed by atoms with Gasteiger partial charge in [-0.05, 0) is 31.5 Å². The topological polar surface area (TPSA) is 52.7 Å². The summed E-state index contributed by atoms with van der Waals surface area (Å²) in [6.45, 7) is 4.55. The molecule has 2 fully saturated rings. The van der Waals surface area contributed by atoms with Crippen molar-refractivity contribution in [1.29, 1.82) is 0 Å². The van der Waals surface area contributed by atoms with E-state index in [0.29, 0.717) is 38.3 Å². The highest BCUT2D eigenvalue weighted by Crippen LogP contribution is 2.25. The molecule has 2 aliphatic heterocycles. The van der Waals surface area contributed by atoms with Crippen LogP contribution in [0.25, 0.3) is 0 Å². The van der Waals surface area contributed by atoms with Crippen molar-refractivity contribution < 1.29 is 14.0 Å². The summed E-state index contributed by atoms with van der Waals surface area (Å²) in [5, 5.41) is 3.21. The SMILES string of the molecule is C[C@H]1CNCCN1C(=O)c1cc(N2CCCC2=O)ccc1F. The van der Waals surface area contributed by atoms with Gasteiger partial charge in [0.25, 0.3) is 5.91 Å². The molecule has 5 nitrogen and oxygen atoms in total. The average Bonchev–Trinajstić information content (AvgIpc) is 2.94. The summed E-state index contributed by atoms with van der Waals surface area (Å²) in [4.78, 5) is 27.8. The van der Waals surface area contributed by atoms with Crippen LogP contribution < -0.4 is 10.2 Å². The predicted octanol–water partition coefficient (Wildman–Crippen LogP) is 1.39. The molecule has 0 saturated carbocycles. The molecule has 22 heavy (non-hydrogen) atoms. The zero-order chi connectivity index (χ0) is 15.7. The normalized spacial score (nSPS) is 22.3. The van der Waals surface area contributed by atoms with Crippen molar-refractivity contribution in [3.8, 4) is 0 Å². The van der Waals surface area contributed by atoms with Crippen LogP contribution in [0.15, 0.2) is 18.2 Å². The van der Waals surface area contributed by atoms with Gasteiger partial charge in [0.1, 0.15) is 5.82 Å². The summed E-state index contributed by atoms with van der Waals surface area (Å²) in [6, 6.07) is 4.38. The number of nitrogens with one attached hydrogen (secondary N) is 1. The van der Waals surface area contributed by atoms with E-state index in [1.807, 2.05) is 6.92 Å². The van der Waals surface area contributed by atoms with Crippen LogP contribution in [-0.2, 0) is 4.79 Å². The molecule has 1 N–H and O–H groups in total. The lowest BCUT2D eigenvalue weighted by Crippen LogP contribution is -2.52. The number of carbonyl (C=O) groups excluding carboxylic acids is 2. The van der Waals surface area contributed by atoms with E-state index in [4.69, 9.17) is 0 Å². The fourth-order valence-corrected chi connectivity index (χ4v) is 3.06. The first-order valence-corrected chi connectivity index (χ1v) is 7.69. The summed E-state index contributed by atoms with van der Waals surface area (Å²) in [5.74, 6) is -0.813. The fourth-order valence-electron chi connectivity index (χ4n) is 3.06. The van der Waals surface area contributed by atoms with E-state index in [-0.39, 0.29) is 23.4 Å². The molecule has 0 aromatic heterocycles. The second kappa shape index (κ2) is 6.04. The molecule has 1 atom stereocenters. The number of carbonyl (C=O) groups is 2.